The Morgan fingerprint density at radius 1 is 1.26 bits per heavy atom. The van der Waals surface area contributed by atoms with Crippen molar-refractivity contribution in [1.29, 1.82) is 0 Å². The lowest BCUT2D eigenvalue weighted by molar-refractivity contribution is 0.204. The van der Waals surface area contributed by atoms with E-state index < -0.39 is 0 Å². The summed E-state index contributed by atoms with van der Waals surface area (Å²) in [4.78, 5) is 9.00. The smallest absolute Gasteiger partial charge is 0.128 e. The molecule has 2 aromatic heterocycles. The van der Waals surface area contributed by atoms with Crippen molar-refractivity contribution in [2.24, 2.45) is 0 Å². The molecule has 1 fully saturated rings. The van der Waals surface area contributed by atoms with E-state index >= 15 is 0 Å². The van der Waals surface area contributed by atoms with Crippen LogP contribution in [0.2, 0.25) is 0 Å². The molecule has 0 saturated carbocycles. The summed E-state index contributed by atoms with van der Waals surface area (Å²) < 4.78 is 2.03. The molecule has 3 rings (SSSR count). The van der Waals surface area contributed by atoms with Crippen molar-refractivity contribution in [3.05, 3.63) is 41.9 Å². The molecule has 1 saturated heterocycles. The molecule has 23 heavy (non-hydrogen) atoms. The molecule has 1 aliphatic rings. The van der Waals surface area contributed by atoms with Gasteiger partial charge in [-0.15, -0.1) is 0 Å². The Hall–Kier alpha value is -1.88. The maximum Gasteiger partial charge on any atom is 0.128 e. The number of rotatable bonds is 5. The van der Waals surface area contributed by atoms with Crippen LogP contribution in [0, 0.1) is 0 Å². The maximum atomic E-state index is 4.41. The fourth-order valence-electron chi connectivity index (χ4n) is 3.25. The second-order valence-electron chi connectivity index (χ2n) is 6.60. The monoisotopic (exact) mass is 313 g/mol. The number of hydrogen-bond acceptors (Lipinski definition) is 4. The van der Waals surface area contributed by atoms with Crippen LogP contribution >= 0.6 is 0 Å². The zero-order valence-corrected chi connectivity index (χ0v) is 14.4. The molecular weight excluding hydrogens is 286 g/mol. The predicted molar refractivity (Wildman–Crippen MR) is 93.7 cm³/mol. The zero-order chi connectivity index (χ0) is 16.2. The lowest BCUT2D eigenvalue weighted by atomic mass is 9.91. The van der Waals surface area contributed by atoms with Gasteiger partial charge in [-0.1, -0.05) is 0 Å². The lowest BCUT2D eigenvalue weighted by Crippen LogP contribution is -2.32. The Morgan fingerprint density at radius 2 is 2.04 bits per heavy atom. The highest BCUT2D eigenvalue weighted by Crippen LogP contribution is 2.28. The first kappa shape index (κ1) is 16.0. The number of aryl methyl sites for hydroxylation is 1. The molecule has 0 aromatic carbocycles. The van der Waals surface area contributed by atoms with Crippen LogP contribution in [0.5, 0.6) is 0 Å². The number of hydrogen-bond donors (Lipinski definition) is 0. The van der Waals surface area contributed by atoms with Gasteiger partial charge in [-0.3, -0.25) is 9.58 Å². The summed E-state index contributed by atoms with van der Waals surface area (Å²) in [5.41, 5.74) is 2.76. The van der Waals surface area contributed by atoms with E-state index in [2.05, 4.69) is 51.3 Å². The molecule has 1 aliphatic heterocycles. The number of likely N-dealkylation sites (tertiary alicyclic amines) is 1. The van der Waals surface area contributed by atoms with E-state index in [0.29, 0.717) is 5.92 Å². The van der Waals surface area contributed by atoms with Crippen LogP contribution in [-0.4, -0.2) is 46.8 Å². The molecule has 0 radical (unpaired) electrons. The zero-order valence-electron chi connectivity index (χ0n) is 14.4. The molecule has 124 valence electrons. The van der Waals surface area contributed by atoms with Crippen LogP contribution in [-0.2, 0) is 13.1 Å². The number of aromatic nitrogens is 3. The summed E-state index contributed by atoms with van der Waals surface area (Å²) in [7, 11) is 4.07. The maximum absolute atomic E-state index is 4.41. The van der Waals surface area contributed by atoms with E-state index in [1.54, 1.807) is 0 Å². The standard InChI is InChI=1S/C18H27N5/c1-4-23-14-17(12-20-23)16-6-9-22(10-7-16)13-15-5-8-19-18(11-15)21(2)3/h5,8,11-12,14,16H,4,6-7,9-10,13H2,1-3H3. The molecule has 5 heteroatoms. The minimum absolute atomic E-state index is 0.668. The first-order chi connectivity index (χ1) is 11.2. The molecule has 2 aromatic rings. The van der Waals surface area contributed by atoms with Crippen molar-refractivity contribution in [1.82, 2.24) is 19.7 Å². The van der Waals surface area contributed by atoms with E-state index in [9.17, 15) is 0 Å². The Labute approximate surface area is 138 Å². The molecule has 3 heterocycles. The minimum atomic E-state index is 0.668. The molecule has 0 unspecified atom stereocenters. The second-order valence-corrected chi connectivity index (χ2v) is 6.60. The molecule has 0 spiro atoms. The fourth-order valence-corrected chi connectivity index (χ4v) is 3.25. The molecule has 0 amide bonds. The molecular formula is C18H27N5. The Kier molecular flexibility index (Phi) is 4.96. The molecule has 0 bridgehead atoms. The van der Waals surface area contributed by atoms with Gasteiger partial charge in [0.2, 0.25) is 0 Å². The average molecular weight is 313 g/mol. The average Bonchev–Trinajstić information content (AvgIpc) is 3.05. The molecule has 0 aliphatic carbocycles. The van der Waals surface area contributed by atoms with Crippen LogP contribution in [0.4, 0.5) is 5.82 Å². The van der Waals surface area contributed by atoms with Gasteiger partial charge in [-0.05, 0) is 62.0 Å². The first-order valence-corrected chi connectivity index (χ1v) is 8.52. The summed E-state index contributed by atoms with van der Waals surface area (Å²) in [6.45, 7) is 6.42. The minimum Gasteiger partial charge on any atom is -0.363 e. The fraction of sp³-hybridized carbons (Fsp3) is 0.556. The summed E-state index contributed by atoms with van der Waals surface area (Å²) in [6.07, 6.45) is 8.63. The third-order valence-corrected chi connectivity index (χ3v) is 4.71. The van der Waals surface area contributed by atoms with E-state index in [0.717, 1.165) is 32.0 Å². The van der Waals surface area contributed by atoms with Gasteiger partial charge < -0.3 is 4.90 Å². The second kappa shape index (κ2) is 7.13. The predicted octanol–water partition coefficient (Wildman–Crippen LogP) is 2.74. The SMILES string of the molecule is CCn1cc(C2CCN(Cc3ccnc(N(C)C)c3)CC2)cn1. The highest BCUT2D eigenvalue weighted by molar-refractivity contribution is 5.39. The Bertz CT molecular complexity index is 626. The molecule has 5 nitrogen and oxygen atoms in total. The summed E-state index contributed by atoms with van der Waals surface area (Å²) >= 11 is 0. The van der Waals surface area contributed by atoms with Crippen molar-refractivity contribution in [2.45, 2.75) is 38.8 Å². The van der Waals surface area contributed by atoms with Crippen molar-refractivity contribution in [2.75, 3.05) is 32.1 Å². The van der Waals surface area contributed by atoms with Crippen LogP contribution in [0.25, 0.3) is 0 Å². The topological polar surface area (TPSA) is 37.2 Å². The molecule has 0 N–H and O–H groups in total. The van der Waals surface area contributed by atoms with E-state index in [4.69, 9.17) is 0 Å². The van der Waals surface area contributed by atoms with Crippen LogP contribution < -0.4 is 4.90 Å². The van der Waals surface area contributed by atoms with Crippen LogP contribution in [0.15, 0.2) is 30.7 Å². The van der Waals surface area contributed by atoms with Crippen molar-refractivity contribution in [3.63, 3.8) is 0 Å². The number of nitrogens with zero attached hydrogens (tertiary/aromatic N) is 5. The number of pyridine rings is 1. The van der Waals surface area contributed by atoms with Crippen molar-refractivity contribution >= 4 is 5.82 Å². The van der Waals surface area contributed by atoms with Gasteiger partial charge in [0.05, 0.1) is 6.20 Å². The first-order valence-electron chi connectivity index (χ1n) is 8.52. The number of piperidine rings is 1. The van der Waals surface area contributed by atoms with Crippen LogP contribution in [0.3, 0.4) is 0 Å². The van der Waals surface area contributed by atoms with E-state index in [1.165, 1.54) is 24.0 Å². The van der Waals surface area contributed by atoms with Crippen molar-refractivity contribution in [3.8, 4) is 0 Å². The van der Waals surface area contributed by atoms with Gasteiger partial charge >= 0.3 is 0 Å². The number of anilines is 1. The Morgan fingerprint density at radius 3 is 2.70 bits per heavy atom. The lowest BCUT2D eigenvalue weighted by Gasteiger charge is -2.31. The summed E-state index contributed by atoms with van der Waals surface area (Å²) in [5, 5.41) is 4.41. The van der Waals surface area contributed by atoms with Gasteiger partial charge in [0, 0.05) is 39.6 Å². The van der Waals surface area contributed by atoms with Gasteiger partial charge in [0.25, 0.3) is 0 Å². The van der Waals surface area contributed by atoms with Gasteiger partial charge in [-0.2, -0.15) is 5.10 Å². The van der Waals surface area contributed by atoms with Gasteiger partial charge in [-0.25, -0.2) is 4.98 Å². The van der Waals surface area contributed by atoms with Crippen LogP contribution in [0.1, 0.15) is 36.8 Å². The van der Waals surface area contributed by atoms with E-state index in [-0.39, 0.29) is 0 Å². The van der Waals surface area contributed by atoms with Crippen molar-refractivity contribution < 1.29 is 0 Å². The van der Waals surface area contributed by atoms with Gasteiger partial charge in [0.15, 0.2) is 0 Å². The van der Waals surface area contributed by atoms with E-state index in [1.807, 2.05) is 25.0 Å². The highest BCUT2D eigenvalue weighted by Gasteiger charge is 2.21. The quantitative estimate of drug-likeness (QED) is 0.850. The normalized spacial score (nSPS) is 16.7. The third-order valence-electron chi connectivity index (χ3n) is 4.71. The third kappa shape index (κ3) is 3.91. The highest BCUT2D eigenvalue weighted by atomic mass is 15.3. The van der Waals surface area contributed by atoms with Gasteiger partial charge in [0.1, 0.15) is 5.82 Å². The summed E-state index contributed by atoms with van der Waals surface area (Å²) in [5.74, 6) is 1.70. The molecule has 0 atom stereocenters. The Balaban J connectivity index is 1.55. The summed E-state index contributed by atoms with van der Waals surface area (Å²) in [6, 6.07) is 4.32. The largest absolute Gasteiger partial charge is 0.363 e.